The molecule has 11 heteroatoms. The monoisotopic (exact) mass is 512 g/mol. The predicted molar refractivity (Wildman–Crippen MR) is 130 cm³/mol. The highest BCUT2D eigenvalue weighted by Crippen LogP contribution is 2.40. The van der Waals surface area contributed by atoms with E-state index in [-0.39, 0.29) is 49.2 Å². The number of hydrogen-bond donors (Lipinski definition) is 2. The number of rotatable bonds is 5. The van der Waals surface area contributed by atoms with Crippen molar-refractivity contribution in [2.24, 2.45) is 5.92 Å². The molecule has 37 heavy (non-hydrogen) atoms. The fraction of sp³-hybridized carbons (Fsp3) is 0.423. The second-order valence-electron chi connectivity index (χ2n) is 9.95. The Balaban J connectivity index is 1.53. The molecule has 1 atom stereocenters. The molecule has 0 radical (unpaired) electrons. The van der Waals surface area contributed by atoms with Crippen LogP contribution >= 0.6 is 0 Å². The number of carbonyl (C=O) groups is 4. The van der Waals surface area contributed by atoms with Gasteiger partial charge in [0.1, 0.15) is 17.4 Å². The predicted octanol–water partition coefficient (Wildman–Crippen LogP) is 1.87. The van der Waals surface area contributed by atoms with Crippen LogP contribution in [0.25, 0.3) is 0 Å². The van der Waals surface area contributed by atoms with Gasteiger partial charge in [0.25, 0.3) is 11.8 Å². The van der Waals surface area contributed by atoms with E-state index < -0.39 is 29.3 Å². The van der Waals surface area contributed by atoms with E-state index in [9.17, 15) is 28.8 Å². The number of aryl methyl sites for hydroxylation is 1. The summed E-state index contributed by atoms with van der Waals surface area (Å²) in [6.45, 7) is 5.70. The van der Waals surface area contributed by atoms with Crippen LogP contribution in [0.15, 0.2) is 42.7 Å². The Morgan fingerprint density at radius 2 is 1.73 bits per heavy atom. The molecule has 1 spiro atoms. The second-order valence-corrected chi connectivity index (χ2v) is 9.95. The SMILES string of the molecule is Cc1ccc(F)c(C(=O)N[C@@H](C(=O)N2CCC3(CC2)C(=O)N(C)C(=O)N3c2cc[n+](O)cc2)C(C)C)c1. The minimum absolute atomic E-state index is 0.128. The van der Waals surface area contributed by atoms with Crippen molar-refractivity contribution in [1.82, 2.24) is 15.1 Å². The van der Waals surface area contributed by atoms with Gasteiger partial charge >= 0.3 is 6.03 Å². The molecule has 2 aliphatic heterocycles. The quantitative estimate of drug-likeness (QED) is 0.361. The third-order valence-corrected chi connectivity index (χ3v) is 7.15. The Hall–Kier alpha value is -4.02. The molecule has 0 bridgehead atoms. The van der Waals surface area contributed by atoms with E-state index in [2.05, 4.69) is 5.32 Å². The average molecular weight is 513 g/mol. The lowest BCUT2D eigenvalue weighted by Gasteiger charge is -2.43. The summed E-state index contributed by atoms with van der Waals surface area (Å²) in [5.41, 5.74) is -0.110. The van der Waals surface area contributed by atoms with Crippen LogP contribution in [-0.4, -0.2) is 70.5 Å². The second kappa shape index (κ2) is 9.79. The number of imide groups is 1. The number of pyridine rings is 1. The number of carbonyl (C=O) groups excluding carboxylic acids is 4. The van der Waals surface area contributed by atoms with Gasteiger partial charge in [-0.05, 0) is 37.8 Å². The normalized spacial score (nSPS) is 18.1. The highest BCUT2D eigenvalue weighted by Gasteiger charge is 2.58. The zero-order valence-electron chi connectivity index (χ0n) is 21.3. The number of likely N-dealkylation sites (tertiary alicyclic amines) is 1. The maximum atomic E-state index is 14.3. The molecule has 4 rings (SSSR count). The van der Waals surface area contributed by atoms with Gasteiger partial charge in [-0.15, -0.1) is 0 Å². The lowest BCUT2D eigenvalue weighted by atomic mass is 9.85. The average Bonchev–Trinajstić information content (AvgIpc) is 3.05. The number of nitrogens with one attached hydrogen (secondary N) is 1. The molecule has 2 aromatic rings. The van der Waals surface area contributed by atoms with Crippen molar-refractivity contribution in [3.8, 4) is 0 Å². The molecule has 1 aromatic carbocycles. The van der Waals surface area contributed by atoms with Gasteiger partial charge in [0.2, 0.25) is 18.3 Å². The van der Waals surface area contributed by atoms with Crippen molar-refractivity contribution < 1.29 is 33.5 Å². The number of hydrogen-bond acceptors (Lipinski definition) is 5. The zero-order valence-corrected chi connectivity index (χ0v) is 21.3. The highest BCUT2D eigenvalue weighted by molar-refractivity contribution is 6.16. The Kier molecular flexibility index (Phi) is 6.90. The van der Waals surface area contributed by atoms with E-state index >= 15 is 0 Å². The number of amides is 5. The van der Waals surface area contributed by atoms with Gasteiger partial charge in [-0.2, -0.15) is 0 Å². The number of piperidine rings is 1. The van der Waals surface area contributed by atoms with Crippen molar-refractivity contribution in [3.63, 3.8) is 0 Å². The van der Waals surface area contributed by atoms with Crippen LogP contribution in [-0.2, 0) is 9.59 Å². The summed E-state index contributed by atoms with van der Waals surface area (Å²) < 4.78 is 15.1. The number of urea groups is 1. The molecule has 3 heterocycles. The zero-order chi connectivity index (χ0) is 27.1. The van der Waals surface area contributed by atoms with Crippen molar-refractivity contribution in [1.29, 1.82) is 0 Å². The Bertz CT molecular complexity index is 1240. The summed E-state index contributed by atoms with van der Waals surface area (Å²) in [7, 11) is 1.42. The number of aromatic nitrogens is 1. The van der Waals surface area contributed by atoms with Gasteiger partial charge in [0, 0.05) is 37.0 Å². The molecule has 10 nitrogen and oxygen atoms in total. The molecule has 2 N–H and O–H groups in total. The molecular formula is C26H31FN5O5+. The van der Waals surface area contributed by atoms with E-state index in [4.69, 9.17) is 0 Å². The number of anilines is 1. The largest absolute Gasteiger partial charge is 0.341 e. The fourth-order valence-corrected chi connectivity index (χ4v) is 5.02. The van der Waals surface area contributed by atoms with E-state index in [1.807, 2.05) is 0 Å². The van der Waals surface area contributed by atoms with E-state index in [1.54, 1.807) is 43.9 Å². The summed E-state index contributed by atoms with van der Waals surface area (Å²) >= 11 is 0. The van der Waals surface area contributed by atoms with Gasteiger partial charge in [0.15, 0.2) is 0 Å². The summed E-state index contributed by atoms with van der Waals surface area (Å²) in [4.78, 5) is 56.6. The lowest BCUT2D eigenvalue weighted by molar-refractivity contribution is -0.904. The van der Waals surface area contributed by atoms with Crippen LogP contribution in [0.1, 0.15) is 42.6 Å². The summed E-state index contributed by atoms with van der Waals surface area (Å²) in [5, 5.41) is 12.3. The van der Waals surface area contributed by atoms with Gasteiger partial charge in [-0.1, -0.05) is 25.5 Å². The molecule has 0 aliphatic carbocycles. The van der Waals surface area contributed by atoms with Gasteiger partial charge in [-0.25, -0.2) is 9.18 Å². The molecule has 5 amide bonds. The molecule has 196 valence electrons. The molecule has 1 aromatic heterocycles. The van der Waals surface area contributed by atoms with Gasteiger partial charge < -0.3 is 10.2 Å². The maximum Gasteiger partial charge on any atom is 0.331 e. The summed E-state index contributed by atoms with van der Waals surface area (Å²) in [6.07, 6.45) is 3.13. The molecule has 2 aliphatic rings. The van der Waals surface area contributed by atoms with Crippen LogP contribution in [0.4, 0.5) is 14.9 Å². The molecule has 2 fully saturated rings. The van der Waals surface area contributed by atoms with E-state index in [0.29, 0.717) is 5.69 Å². The standard InChI is InChI=1S/C26H30FN5O5/c1-16(2)21(28-22(33)19-15-17(3)5-6-20(19)27)23(34)30-13-9-26(10-14-30)24(35)29(4)25(36)32(26)18-7-11-31(37)12-8-18/h5-8,11-12,15-16,21H,9-10,13-14H2,1-4H3,(H-,28,33,37)/p+1/t21-/m1/s1. The van der Waals surface area contributed by atoms with Crippen LogP contribution in [0.3, 0.4) is 0 Å². The Labute approximate surface area is 214 Å². The molecular weight excluding hydrogens is 481 g/mol. The van der Waals surface area contributed by atoms with Crippen LogP contribution < -0.4 is 14.9 Å². The van der Waals surface area contributed by atoms with Crippen LogP contribution in [0, 0.1) is 18.7 Å². The third kappa shape index (κ3) is 4.61. The van der Waals surface area contributed by atoms with Crippen molar-refractivity contribution in [2.45, 2.75) is 45.2 Å². The smallest absolute Gasteiger partial charge is 0.331 e. The topological polar surface area (TPSA) is 114 Å². The first-order chi connectivity index (χ1) is 17.5. The molecule has 2 saturated heterocycles. The number of benzene rings is 1. The minimum Gasteiger partial charge on any atom is -0.341 e. The highest BCUT2D eigenvalue weighted by atomic mass is 19.1. The van der Waals surface area contributed by atoms with Crippen molar-refractivity contribution >= 4 is 29.4 Å². The third-order valence-electron chi connectivity index (χ3n) is 7.15. The van der Waals surface area contributed by atoms with Crippen molar-refractivity contribution in [2.75, 3.05) is 25.0 Å². The number of halogens is 1. The summed E-state index contributed by atoms with van der Waals surface area (Å²) in [5.74, 6) is -2.29. The number of nitrogens with zero attached hydrogens (tertiary/aromatic N) is 4. The fourth-order valence-electron chi connectivity index (χ4n) is 5.02. The molecule has 0 unspecified atom stereocenters. The van der Waals surface area contributed by atoms with Gasteiger partial charge in [-0.3, -0.25) is 29.4 Å². The Morgan fingerprint density at radius 1 is 1.11 bits per heavy atom. The maximum absolute atomic E-state index is 14.3. The van der Waals surface area contributed by atoms with E-state index in [0.717, 1.165) is 15.2 Å². The van der Waals surface area contributed by atoms with Crippen LogP contribution in [0.5, 0.6) is 0 Å². The summed E-state index contributed by atoms with van der Waals surface area (Å²) in [6, 6.07) is 5.93. The number of likely N-dealkylation sites (N-methyl/N-ethyl adjacent to an activating group) is 1. The van der Waals surface area contributed by atoms with E-state index in [1.165, 1.54) is 36.5 Å². The van der Waals surface area contributed by atoms with Crippen LogP contribution in [0.2, 0.25) is 0 Å². The van der Waals surface area contributed by atoms with Gasteiger partial charge in [0.05, 0.1) is 11.3 Å². The first-order valence-electron chi connectivity index (χ1n) is 12.1. The lowest BCUT2D eigenvalue weighted by Crippen LogP contribution is -2.60. The first kappa shape index (κ1) is 26.1. The first-order valence-corrected chi connectivity index (χ1v) is 12.1. The minimum atomic E-state index is -1.16. The van der Waals surface area contributed by atoms with Crippen molar-refractivity contribution in [3.05, 3.63) is 59.7 Å². The Morgan fingerprint density at radius 3 is 2.32 bits per heavy atom. The molecule has 0 saturated carbocycles.